The first-order valence-electron chi connectivity index (χ1n) is 6.28. The van der Waals surface area contributed by atoms with Crippen LogP contribution in [-0.2, 0) is 21.4 Å². The normalized spacial score (nSPS) is 20.1. The SMILES string of the molecule is CN1C(=O)Cc2cc(C3(C(=O)O)CCC3)cc(F)c21. The van der Waals surface area contributed by atoms with Gasteiger partial charge in [0.2, 0.25) is 5.91 Å². The molecule has 1 fully saturated rings. The molecule has 19 heavy (non-hydrogen) atoms. The van der Waals surface area contributed by atoms with Crippen LogP contribution in [-0.4, -0.2) is 24.0 Å². The molecule has 4 nitrogen and oxygen atoms in total. The molecule has 0 saturated heterocycles. The van der Waals surface area contributed by atoms with Crippen LogP contribution in [0.25, 0.3) is 0 Å². The second kappa shape index (κ2) is 3.79. The molecule has 1 saturated carbocycles. The number of carbonyl (C=O) groups is 2. The summed E-state index contributed by atoms with van der Waals surface area (Å²) < 4.78 is 14.1. The number of benzene rings is 1. The Morgan fingerprint density at radius 3 is 2.63 bits per heavy atom. The second-order valence-electron chi connectivity index (χ2n) is 5.34. The van der Waals surface area contributed by atoms with Gasteiger partial charge in [0.25, 0.3) is 0 Å². The lowest BCUT2D eigenvalue weighted by atomic mass is 9.64. The van der Waals surface area contributed by atoms with Crippen molar-refractivity contribution in [2.45, 2.75) is 31.1 Å². The van der Waals surface area contributed by atoms with Crippen molar-refractivity contribution in [3.05, 3.63) is 29.1 Å². The number of rotatable bonds is 2. The molecule has 1 N–H and O–H groups in total. The van der Waals surface area contributed by atoms with E-state index in [1.165, 1.54) is 18.0 Å². The van der Waals surface area contributed by atoms with E-state index in [0.717, 1.165) is 6.42 Å². The van der Waals surface area contributed by atoms with Crippen molar-refractivity contribution < 1.29 is 19.1 Å². The zero-order chi connectivity index (χ0) is 13.8. The minimum Gasteiger partial charge on any atom is -0.481 e. The van der Waals surface area contributed by atoms with Gasteiger partial charge >= 0.3 is 5.97 Å². The highest BCUT2D eigenvalue weighted by Crippen LogP contribution is 2.46. The Morgan fingerprint density at radius 1 is 1.42 bits per heavy atom. The van der Waals surface area contributed by atoms with Crippen molar-refractivity contribution in [1.29, 1.82) is 0 Å². The molecule has 0 unspecified atom stereocenters. The highest BCUT2D eigenvalue weighted by Gasteiger charge is 2.47. The zero-order valence-electron chi connectivity index (χ0n) is 10.6. The van der Waals surface area contributed by atoms with Gasteiger partial charge in [0.1, 0.15) is 5.82 Å². The number of hydrogen-bond donors (Lipinski definition) is 1. The summed E-state index contributed by atoms with van der Waals surface area (Å²) in [7, 11) is 1.53. The van der Waals surface area contributed by atoms with E-state index in [9.17, 15) is 19.1 Å². The van der Waals surface area contributed by atoms with Gasteiger partial charge in [-0.25, -0.2) is 4.39 Å². The summed E-state index contributed by atoms with van der Waals surface area (Å²) in [6.45, 7) is 0. The number of amides is 1. The number of nitrogens with zero attached hydrogens (tertiary/aromatic N) is 1. The van der Waals surface area contributed by atoms with E-state index >= 15 is 0 Å². The van der Waals surface area contributed by atoms with Crippen molar-refractivity contribution in [3.8, 4) is 0 Å². The fourth-order valence-electron chi connectivity index (χ4n) is 3.01. The van der Waals surface area contributed by atoms with Gasteiger partial charge in [0.05, 0.1) is 17.5 Å². The molecule has 0 aromatic heterocycles. The van der Waals surface area contributed by atoms with E-state index in [4.69, 9.17) is 0 Å². The van der Waals surface area contributed by atoms with Gasteiger partial charge in [-0.15, -0.1) is 0 Å². The van der Waals surface area contributed by atoms with Gasteiger partial charge in [0, 0.05) is 7.05 Å². The van der Waals surface area contributed by atoms with Crippen LogP contribution < -0.4 is 4.90 Å². The molecule has 1 aliphatic carbocycles. The molecule has 100 valence electrons. The van der Waals surface area contributed by atoms with E-state index in [1.807, 2.05) is 0 Å². The van der Waals surface area contributed by atoms with Gasteiger partial charge < -0.3 is 10.0 Å². The maximum Gasteiger partial charge on any atom is 0.314 e. The van der Waals surface area contributed by atoms with E-state index in [0.29, 0.717) is 24.0 Å². The molecular weight excluding hydrogens is 249 g/mol. The van der Waals surface area contributed by atoms with Crippen LogP contribution in [0.2, 0.25) is 0 Å². The first-order chi connectivity index (χ1) is 8.95. The Hall–Kier alpha value is -1.91. The average Bonchev–Trinajstić information content (AvgIpc) is 2.52. The Balaban J connectivity index is 2.12. The van der Waals surface area contributed by atoms with Crippen LogP contribution in [0.4, 0.5) is 10.1 Å². The molecule has 2 aliphatic rings. The third-order valence-corrected chi connectivity index (χ3v) is 4.36. The van der Waals surface area contributed by atoms with E-state index < -0.39 is 17.2 Å². The summed E-state index contributed by atoms with van der Waals surface area (Å²) >= 11 is 0. The molecule has 1 aromatic carbocycles. The molecule has 1 aliphatic heterocycles. The van der Waals surface area contributed by atoms with Crippen LogP contribution in [0.3, 0.4) is 0 Å². The van der Waals surface area contributed by atoms with Crippen molar-refractivity contribution in [2.75, 3.05) is 11.9 Å². The summed E-state index contributed by atoms with van der Waals surface area (Å²) in [4.78, 5) is 24.3. The quantitative estimate of drug-likeness (QED) is 0.886. The molecule has 1 aromatic rings. The van der Waals surface area contributed by atoms with Crippen LogP contribution in [0.1, 0.15) is 30.4 Å². The van der Waals surface area contributed by atoms with Crippen LogP contribution in [0.15, 0.2) is 12.1 Å². The number of anilines is 1. The van der Waals surface area contributed by atoms with Crippen molar-refractivity contribution in [3.63, 3.8) is 0 Å². The minimum absolute atomic E-state index is 0.145. The molecule has 1 heterocycles. The van der Waals surface area contributed by atoms with E-state index in [1.54, 1.807) is 6.07 Å². The van der Waals surface area contributed by atoms with Crippen LogP contribution in [0, 0.1) is 5.82 Å². The number of fused-ring (bicyclic) bond motifs is 1. The first kappa shape index (κ1) is 12.1. The Bertz CT molecular complexity index is 593. The van der Waals surface area contributed by atoms with Crippen molar-refractivity contribution in [1.82, 2.24) is 0 Å². The lowest BCUT2D eigenvalue weighted by Gasteiger charge is -2.38. The topological polar surface area (TPSA) is 57.6 Å². The number of carboxylic acids is 1. The summed E-state index contributed by atoms with van der Waals surface area (Å²) in [5.41, 5.74) is 0.411. The monoisotopic (exact) mass is 263 g/mol. The number of hydrogen-bond acceptors (Lipinski definition) is 2. The lowest BCUT2D eigenvalue weighted by molar-refractivity contribution is -0.147. The average molecular weight is 263 g/mol. The maximum atomic E-state index is 14.1. The van der Waals surface area contributed by atoms with Gasteiger partial charge in [-0.1, -0.05) is 12.5 Å². The van der Waals surface area contributed by atoms with Crippen LogP contribution >= 0.6 is 0 Å². The summed E-state index contributed by atoms with van der Waals surface area (Å²) in [6, 6.07) is 2.97. The van der Waals surface area contributed by atoms with E-state index in [-0.39, 0.29) is 18.0 Å². The molecular formula is C14H14FNO3. The largest absolute Gasteiger partial charge is 0.481 e. The Morgan fingerprint density at radius 2 is 2.11 bits per heavy atom. The van der Waals surface area contributed by atoms with Gasteiger partial charge in [0.15, 0.2) is 0 Å². The predicted octanol–water partition coefficient (Wildman–Crippen LogP) is 1.85. The maximum absolute atomic E-state index is 14.1. The zero-order valence-corrected chi connectivity index (χ0v) is 10.6. The fourth-order valence-corrected chi connectivity index (χ4v) is 3.01. The second-order valence-corrected chi connectivity index (χ2v) is 5.34. The molecule has 0 atom stereocenters. The van der Waals surface area contributed by atoms with E-state index in [2.05, 4.69) is 0 Å². The first-order valence-corrected chi connectivity index (χ1v) is 6.28. The third kappa shape index (κ3) is 1.50. The number of carboxylic acid groups (broad SMARTS) is 1. The highest BCUT2D eigenvalue weighted by molar-refractivity contribution is 6.01. The standard InChI is InChI=1S/C14H14FNO3/c1-16-11(17)6-8-5-9(7-10(15)12(8)16)14(13(18)19)3-2-4-14/h5,7H,2-4,6H2,1H3,(H,18,19). The van der Waals surface area contributed by atoms with Crippen molar-refractivity contribution in [2.24, 2.45) is 0 Å². The summed E-state index contributed by atoms with van der Waals surface area (Å²) in [6.07, 6.45) is 2.05. The Labute approximate surface area is 109 Å². The number of likely N-dealkylation sites (N-methyl/N-ethyl adjacent to an activating group) is 1. The lowest BCUT2D eigenvalue weighted by Crippen LogP contribution is -2.42. The molecule has 0 spiro atoms. The summed E-state index contributed by atoms with van der Waals surface area (Å²) in [5, 5.41) is 9.38. The smallest absolute Gasteiger partial charge is 0.314 e. The molecule has 5 heteroatoms. The molecule has 3 rings (SSSR count). The fraction of sp³-hybridized carbons (Fsp3) is 0.429. The Kier molecular flexibility index (Phi) is 2.42. The summed E-state index contributed by atoms with van der Waals surface area (Å²) in [5.74, 6) is -1.58. The highest BCUT2D eigenvalue weighted by atomic mass is 19.1. The number of aliphatic carboxylic acids is 1. The predicted molar refractivity (Wildman–Crippen MR) is 66.7 cm³/mol. The van der Waals surface area contributed by atoms with Gasteiger partial charge in [-0.2, -0.15) is 0 Å². The van der Waals surface area contributed by atoms with Crippen molar-refractivity contribution >= 4 is 17.6 Å². The van der Waals surface area contributed by atoms with Gasteiger partial charge in [-0.3, -0.25) is 9.59 Å². The minimum atomic E-state index is -0.958. The molecule has 0 bridgehead atoms. The molecule has 1 amide bonds. The number of carbonyl (C=O) groups excluding carboxylic acids is 1. The number of halogens is 1. The third-order valence-electron chi connectivity index (χ3n) is 4.36. The molecule has 0 radical (unpaired) electrons. The van der Waals surface area contributed by atoms with Gasteiger partial charge in [-0.05, 0) is 30.0 Å². The van der Waals surface area contributed by atoms with Crippen LogP contribution in [0.5, 0.6) is 0 Å².